The van der Waals surface area contributed by atoms with E-state index in [9.17, 15) is 4.79 Å². The van der Waals surface area contributed by atoms with E-state index in [1.165, 1.54) is 0 Å². The summed E-state index contributed by atoms with van der Waals surface area (Å²) in [7, 11) is 0. The van der Waals surface area contributed by atoms with E-state index in [1.807, 2.05) is 19.9 Å². The van der Waals surface area contributed by atoms with Crippen molar-refractivity contribution in [3.8, 4) is 11.5 Å². The summed E-state index contributed by atoms with van der Waals surface area (Å²) in [6, 6.07) is 5.17. The zero-order chi connectivity index (χ0) is 19.4. The van der Waals surface area contributed by atoms with Crippen LogP contribution in [0.3, 0.4) is 0 Å². The maximum Gasteiger partial charge on any atom is 0.259 e. The number of amides is 1. The molecule has 3 N–H and O–H groups in total. The first kappa shape index (κ1) is 19.3. The van der Waals surface area contributed by atoms with Crippen LogP contribution in [0.25, 0.3) is 11.1 Å². The SMILES string of the molecule is CC(C)c1noc2nc(C3CC3)cc(C(=O)Nc3cc4c(cc3N)OCO4)c12.Cl. The summed E-state index contributed by atoms with van der Waals surface area (Å²) in [6.45, 7) is 4.15. The summed E-state index contributed by atoms with van der Waals surface area (Å²) in [5, 5.41) is 7.70. The van der Waals surface area contributed by atoms with Crippen LogP contribution in [0.15, 0.2) is 22.7 Å². The van der Waals surface area contributed by atoms with Crippen LogP contribution in [0, 0.1) is 0 Å². The number of nitrogens with two attached hydrogens (primary N) is 1. The van der Waals surface area contributed by atoms with Gasteiger partial charge < -0.3 is 25.0 Å². The Labute approximate surface area is 173 Å². The minimum absolute atomic E-state index is 0. The number of carbonyl (C=O) groups excluding carboxylic acids is 1. The van der Waals surface area contributed by atoms with Gasteiger partial charge in [0.15, 0.2) is 11.5 Å². The van der Waals surface area contributed by atoms with Gasteiger partial charge in [0.25, 0.3) is 11.6 Å². The summed E-state index contributed by atoms with van der Waals surface area (Å²) in [6.07, 6.45) is 2.14. The number of rotatable bonds is 4. The van der Waals surface area contributed by atoms with Gasteiger partial charge in [-0.25, -0.2) is 4.98 Å². The van der Waals surface area contributed by atoms with E-state index >= 15 is 0 Å². The summed E-state index contributed by atoms with van der Waals surface area (Å²) in [5.74, 6) is 1.30. The number of carbonyl (C=O) groups is 1. The van der Waals surface area contributed by atoms with E-state index in [1.54, 1.807) is 12.1 Å². The summed E-state index contributed by atoms with van der Waals surface area (Å²) in [5.41, 5.74) is 9.43. The molecule has 3 heterocycles. The third-order valence-electron chi connectivity index (χ3n) is 5.07. The van der Waals surface area contributed by atoms with Crippen molar-refractivity contribution in [2.24, 2.45) is 0 Å². The highest BCUT2D eigenvalue weighted by Crippen LogP contribution is 2.42. The zero-order valence-corrected chi connectivity index (χ0v) is 16.8. The van der Waals surface area contributed by atoms with Crippen molar-refractivity contribution in [1.82, 2.24) is 10.1 Å². The van der Waals surface area contributed by atoms with Crippen molar-refractivity contribution in [2.45, 2.75) is 38.5 Å². The molecule has 5 rings (SSSR count). The average molecular weight is 417 g/mol. The number of anilines is 2. The molecule has 29 heavy (non-hydrogen) atoms. The quantitative estimate of drug-likeness (QED) is 0.612. The summed E-state index contributed by atoms with van der Waals surface area (Å²) in [4.78, 5) is 17.8. The fourth-order valence-electron chi connectivity index (χ4n) is 3.41. The maximum atomic E-state index is 13.2. The number of nitrogens with zero attached hydrogens (tertiary/aromatic N) is 2. The summed E-state index contributed by atoms with van der Waals surface area (Å²) >= 11 is 0. The van der Waals surface area contributed by atoms with Gasteiger partial charge in [-0.1, -0.05) is 19.0 Å². The Morgan fingerprint density at radius 1 is 1.21 bits per heavy atom. The van der Waals surface area contributed by atoms with Crippen molar-refractivity contribution < 1.29 is 18.8 Å². The van der Waals surface area contributed by atoms with E-state index in [4.69, 9.17) is 19.7 Å². The van der Waals surface area contributed by atoms with Crippen LogP contribution in [0.1, 0.15) is 60.3 Å². The molecule has 9 heteroatoms. The number of benzene rings is 1. The zero-order valence-electron chi connectivity index (χ0n) is 16.0. The Hall–Kier alpha value is -3.00. The van der Waals surface area contributed by atoms with E-state index in [0.717, 1.165) is 18.5 Å². The molecule has 1 aromatic carbocycles. The number of hydrogen-bond donors (Lipinski definition) is 2. The Balaban J connectivity index is 0.00000205. The second-order valence-electron chi connectivity index (χ2n) is 7.52. The highest BCUT2D eigenvalue weighted by atomic mass is 35.5. The number of aromatic nitrogens is 2. The topological polar surface area (TPSA) is 112 Å². The van der Waals surface area contributed by atoms with Crippen molar-refractivity contribution in [1.29, 1.82) is 0 Å². The van der Waals surface area contributed by atoms with E-state index in [0.29, 0.717) is 51.1 Å². The normalized spacial score (nSPS) is 14.9. The molecule has 0 radical (unpaired) electrons. The second kappa shape index (κ2) is 7.11. The molecule has 1 amide bonds. The fraction of sp³-hybridized carbons (Fsp3) is 0.350. The van der Waals surface area contributed by atoms with Gasteiger partial charge in [-0.3, -0.25) is 4.79 Å². The van der Waals surface area contributed by atoms with Crippen LogP contribution in [0.2, 0.25) is 0 Å². The molecule has 2 aliphatic rings. The van der Waals surface area contributed by atoms with Gasteiger partial charge in [-0.2, -0.15) is 0 Å². The number of nitrogens with one attached hydrogen (secondary N) is 1. The Bertz CT molecular complexity index is 1110. The lowest BCUT2D eigenvalue weighted by atomic mass is 10.0. The molecule has 1 saturated carbocycles. The molecule has 1 fully saturated rings. The number of nitrogen functional groups attached to an aromatic ring is 1. The van der Waals surface area contributed by atoms with Gasteiger partial charge in [0, 0.05) is 23.7 Å². The molecule has 0 bridgehead atoms. The van der Waals surface area contributed by atoms with Gasteiger partial charge >= 0.3 is 0 Å². The van der Waals surface area contributed by atoms with E-state index < -0.39 is 0 Å². The Morgan fingerprint density at radius 2 is 1.93 bits per heavy atom. The second-order valence-corrected chi connectivity index (χ2v) is 7.52. The smallest absolute Gasteiger partial charge is 0.259 e. The number of ether oxygens (including phenoxy) is 2. The molecule has 1 aliphatic heterocycles. The third-order valence-corrected chi connectivity index (χ3v) is 5.07. The molecule has 0 atom stereocenters. The van der Waals surface area contributed by atoms with E-state index in [2.05, 4.69) is 15.5 Å². The predicted octanol–water partition coefficient (Wildman–Crippen LogP) is 4.21. The predicted molar refractivity (Wildman–Crippen MR) is 110 cm³/mol. The van der Waals surface area contributed by atoms with Crippen LogP contribution in [0.5, 0.6) is 11.5 Å². The largest absolute Gasteiger partial charge is 0.454 e. The van der Waals surface area contributed by atoms with Gasteiger partial charge in [0.2, 0.25) is 6.79 Å². The molecule has 0 unspecified atom stereocenters. The van der Waals surface area contributed by atoms with Gasteiger partial charge in [0.05, 0.1) is 28.0 Å². The maximum absolute atomic E-state index is 13.2. The Kier molecular flexibility index (Phi) is 4.74. The standard InChI is InChI=1S/C20H20N4O4.ClH/c1-9(2)18-17-11(5-13(10-3-4-10)23-20(17)28-24-18)19(25)22-14-7-16-15(6-12(14)21)26-8-27-16;/h5-7,9-10H,3-4,8,21H2,1-2H3,(H,22,25);1H. The molecule has 152 valence electrons. The van der Waals surface area contributed by atoms with Gasteiger partial charge in [-0.15, -0.1) is 12.4 Å². The monoisotopic (exact) mass is 416 g/mol. The first-order valence-corrected chi connectivity index (χ1v) is 9.32. The number of fused-ring (bicyclic) bond motifs is 2. The number of hydrogen-bond acceptors (Lipinski definition) is 7. The average Bonchev–Trinajstić information content (AvgIpc) is 3.27. The first-order chi connectivity index (χ1) is 13.5. The fourth-order valence-corrected chi connectivity index (χ4v) is 3.41. The van der Waals surface area contributed by atoms with Crippen molar-refractivity contribution >= 4 is 40.8 Å². The molecule has 1 aliphatic carbocycles. The molecule has 3 aromatic rings. The minimum Gasteiger partial charge on any atom is -0.454 e. The lowest BCUT2D eigenvalue weighted by Gasteiger charge is -2.11. The molecule has 8 nitrogen and oxygen atoms in total. The highest BCUT2D eigenvalue weighted by Gasteiger charge is 2.30. The molecular formula is C20H21ClN4O4. The third kappa shape index (κ3) is 3.33. The molecule has 2 aromatic heterocycles. The van der Waals surface area contributed by atoms with Crippen LogP contribution >= 0.6 is 12.4 Å². The van der Waals surface area contributed by atoms with Crippen molar-refractivity contribution in [3.63, 3.8) is 0 Å². The van der Waals surface area contributed by atoms with Gasteiger partial charge in [0.1, 0.15) is 0 Å². The Morgan fingerprint density at radius 3 is 2.62 bits per heavy atom. The van der Waals surface area contributed by atoms with Crippen molar-refractivity contribution in [2.75, 3.05) is 17.8 Å². The van der Waals surface area contributed by atoms with E-state index in [-0.39, 0.29) is 31.0 Å². The van der Waals surface area contributed by atoms with Crippen LogP contribution in [-0.2, 0) is 0 Å². The lowest BCUT2D eigenvalue weighted by molar-refractivity contribution is 0.102. The number of pyridine rings is 1. The minimum atomic E-state index is -0.287. The number of halogens is 1. The molecule has 0 spiro atoms. The summed E-state index contributed by atoms with van der Waals surface area (Å²) < 4.78 is 16.2. The highest BCUT2D eigenvalue weighted by molar-refractivity contribution is 6.13. The van der Waals surface area contributed by atoms with Crippen LogP contribution < -0.4 is 20.5 Å². The first-order valence-electron chi connectivity index (χ1n) is 9.32. The van der Waals surface area contributed by atoms with Gasteiger partial charge in [-0.05, 0) is 24.8 Å². The van der Waals surface area contributed by atoms with Crippen LogP contribution in [-0.4, -0.2) is 22.8 Å². The van der Waals surface area contributed by atoms with Crippen molar-refractivity contribution in [3.05, 3.63) is 35.2 Å². The molecular weight excluding hydrogens is 396 g/mol. The lowest BCUT2D eigenvalue weighted by Crippen LogP contribution is -2.15. The van der Waals surface area contributed by atoms with Crippen LogP contribution in [0.4, 0.5) is 11.4 Å². The molecule has 0 saturated heterocycles.